The highest BCUT2D eigenvalue weighted by Crippen LogP contribution is 2.40. The van der Waals surface area contributed by atoms with Gasteiger partial charge in [0.05, 0.1) is 0 Å². The Labute approximate surface area is 126 Å². The highest BCUT2D eigenvalue weighted by atomic mass is 16.2. The summed E-state index contributed by atoms with van der Waals surface area (Å²) in [6.45, 7) is 5.20. The van der Waals surface area contributed by atoms with Crippen molar-refractivity contribution >= 4 is 5.91 Å². The molecule has 0 unspecified atom stereocenters. The minimum atomic E-state index is 0.374. The Morgan fingerprint density at radius 1 is 1.19 bits per heavy atom. The molecule has 0 atom stereocenters. The van der Waals surface area contributed by atoms with Crippen LogP contribution in [0.4, 0.5) is 0 Å². The highest BCUT2D eigenvalue weighted by Gasteiger charge is 2.35. The van der Waals surface area contributed by atoms with Crippen LogP contribution in [-0.4, -0.2) is 33.4 Å². The van der Waals surface area contributed by atoms with Gasteiger partial charge in [-0.25, -0.2) is 4.98 Å². The van der Waals surface area contributed by atoms with Crippen LogP contribution in [-0.2, 0) is 11.3 Å². The Morgan fingerprint density at radius 3 is 2.52 bits per heavy atom. The second-order valence-corrected chi connectivity index (χ2v) is 7.19. The molecule has 0 spiro atoms. The van der Waals surface area contributed by atoms with E-state index in [-0.39, 0.29) is 0 Å². The smallest absolute Gasteiger partial charge is 0.225 e. The molecule has 1 amide bonds. The van der Waals surface area contributed by atoms with Crippen molar-refractivity contribution in [3.05, 3.63) is 17.7 Å². The van der Waals surface area contributed by atoms with Crippen LogP contribution in [0.5, 0.6) is 0 Å². The van der Waals surface area contributed by atoms with E-state index in [1.165, 1.54) is 24.4 Å². The molecule has 2 heterocycles. The molecule has 2 saturated carbocycles. The third kappa shape index (κ3) is 2.72. The molecule has 114 valence electrons. The molecule has 1 aromatic heterocycles. The van der Waals surface area contributed by atoms with Crippen LogP contribution in [0, 0.1) is 18.8 Å². The molecule has 0 aromatic carbocycles. The first-order valence-corrected chi connectivity index (χ1v) is 8.53. The number of rotatable bonds is 4. The van der Waals surface area contributed by atoms with E-state index < -0.39 is 0 Å². The highest BCUT2D eigenvalue weighted by molar-refractivity contribution is 5.81. The van der Waals surface area contributed by atoms with E-state index in [1.54, 1.807) is 0 Å². The summed E-state index contributed by atoms with van der Waals surface area (Å²) in [6, 6.07) is 0. The van der Waals surface area contributed by atoms with Gasteiger partial charge in [-0.05, 0) is 51.4 Å². The van der Waals surface area contributed by atoms with Gasteiger partial charge in [-0.15, -0.1) is 0 Å². The minimum Gasteiger partial charge on any atom is -0.342 e. The van der Waals surface area contributed by atoms with Gasteiger partial charge in [-0.2, -0.15) is 0 Å². The van der Waals surface area contributed by atoms with E-state index in [0.29, 0.717) is 17.7 Å². The molecule has 1 saturated heterocycles. The summed E-state index contributed by atoms with van der Waals surface area (Å²) in [6.07, 6.45) is 9.20. The number of nitrogens with zero attached hydrogens (tertiary/aromatic N) is 3. The van der Waals surface area contributed by atoms with Crippen LogP contribution in [0.15, 0.2) is 6.20 Å². The lowest BCUT2D eigenvalue weighted by molar-refractivity contribution is -0.134. The van der Waals surface area contributed by atoms with Crippen molar-refractivity contribution in [1.29, 1.82) is 0 Å². The molecule has 0 radical (unpaired) electrons. The Hall–Kier alpha value is -1.32. The average Bonchev–Trinajstić information content (AvgIpc) is 3.39. The number of carbonyl (C=O) groups excluding carboxylic acids is 1. The number of aryl methyl sites for hydroxylation is 1. The van der Waals surface area contributed by atoms with Gasteiger partial charge in [-0.3, -0.25) is 4.79 Å². The summed E-state index contributed by atoms with van der Waals surface area (Å²) >= 11 is 0. The third-order valence-corrected chi connectivity index (χ3v) is 5.32. The minimum absolute atomic E-state index is 0.374. The van der Waals surface area contributed by atoms with Crippen LogP contribution in [0.25, 0.3) is 0 Å². The molecule has 3 aliphatic rings. The molecule has 1 aromatic rings. The van der Waals surface area contributed by atoms with Crippen LogP contribution in [0.2, 0.25) is 0 Å². The summed E-state index contributed by atoms with van der Waals surface area (Å²) in [5.74, 6) is 3.53. The molecule has 0 N–H and O–H groups in total. The summed E-state index contributed by atoms with van der Waals surface area (Å²) in [4.78, 5) is 18.8. The first kappa shape index (κ1) is 13.4. The number of piperidine rings is 1. The Kier molecular flexibility index (Phi) is 3.27. The number of hydrogen-bond donors (Lipinski definition) is 0. The fraction of sp³-hybridized carbons (Fsp3) is 0.765. The van der Waals surface area contributed by atoms with Gasteiger partial charge in [0.2, 0.25) is 5.91 Å². The van der Waals surface area contributed by atoms with E-state index in [9.17, 15) is 4.79 Å². The maximum Gasteiger partial charge on any atom is 0.225 e. The largest absolute Gasteiger partial charge is 0.342 e. The summed E-state index contributed by atoms with van der Waals surface area (Å²) in [7, 11) is 0. The van der Waals surface area contributed by atoms with Gasteiger partial charge in [0.15, 0.2) is 0 Å². The zero-order valence-electron chi connectivity index (χ0n) is 12.9. The second kappa shape index (κ2) is 5.15. The first-order chi connectivity index (χ1) is 10.2. The SMILES string of the molecule is Cc1cnc(C2CC2)n1CC1CCN(C(=O)C2CC2)CC1. The maximum absolute atomic E-state index is 12.1. The Bertz CT molecular complexity index is 534. The lowest BCUT2D eigenvalue weighted by Gasteiger charge is -2.32. The van der Waals surface area contributed by atoms with Crippen LogP contribution in [0.1, 0.15) is 56.0 Å². The molecule has 3 fully saturated rings. The molecular weight excluding hydrogens is 262 g/mol. The topological polar surface area (TPSA) is 38.1 Å². The molecule has 1 aliphatic heterocycles. The van der Waals surface area contributed by atoms with Crippen LogP contribution >= 0.6 is 0 Å². The predicted molar refractivity (Wildman–Crippen MR) is 81.0 cm³/mol. The summed E-state index contributed by atoms with van der Waals surface area (Å²) in [5.41, 5.74) is 1.30. The van der Waals surface area contributed by atoms with Gasteiger partial charge in [0.25, 0.3) is 0 Å². The number of likely N-dealkylation sites (tertiary alicyclic amines) is 1. The normalized spacial score (nSPS) is 23.6. The molecule has 4 nitrogen and oxygen atoms in total. The number of hydrogen-bond acceptors (Lipinski definition) is 2. The average molecular weight is 287 g/mol. The van der Waals surface area contributed by atoms with E-state index in [2.05, 4.69) is 21.4 Å². The summed E-state index contributed by atoms with van der Waals surface area (Å²) < 4.78 is 2.45. The van der Waals surface area contributed by atoms with Crippen molar-refractivity contribution in [2.24, 2.45) is 11.8 Å². The maximum atomic E-state index is 12.1. The predicted octanol–water partition coefficient (Wildman–Crippen LogP) is 2.72. The van der Waals surface area contributed by atoms with Gasteiger partial charge in [0.1, 0.15) is 5.82 Å². The zero-order valence-corrected chi connectivity index (χ0v) is 12.9. The quantitative estimate of drug-likeness (QED) is 0.854. The van der Waals surface area contributed by atoms with E-state index in [0.717, 1.165) is 51.2 Å². The molecule has 0 bridgehead atoms. The lowest BCUT2D eigenvalue weighted by atomic mass is 9.96. The monoisotopic (exact) mass is 287 g/mol. The molecule has 21 heavy (non-hydrogen) atoms. The van der Waals surface area contributed by atoms with E-state index in [4.69, 9.17) is 0 Å². The van der Waals surface area contributed by atoms with E-state index >= 15 is 0 Å². The van der Waals surface area contributed by atoms with Crippen molar-refractivity contribution in [3.63, 3.8) is 0 Å². The third-order valence-electron chi connectivity index (χ3n) is 5.32. The van der Waals surface area contributed by atoms with E-state index in [1.807, 2.05) is 6.20 Å². The van der Waals surface area contributed by atoms with Crippen molar-refractivity contribution in [2.45, 2.75) is 57.9 Å². The van der Waals surface area contributed by atoms with Gasteiger partial charge < -0.3 is 9.47 Å². The van der Waals surface area contributed by atoms with Crippen molar-refractivity contribution in [3.8, 4) is 0 Å². The standard InChI is InChI=1S/C17H25N3O/c1-12-10-18-16(14-2-3-14)20(12)11-13-6-8-19(9-7-13)17(21)15-4-5-15/h10,13-15H,2-9,11H2,1H3. The van der Waals surface area contributed by atoms with Crippen LogP contribution in [0.3, 0.4) is 0 Å². The molecular formula is C17H25N3O. The lowest BCUT2D eigenvalue weighted by Crippen LogP contribution is -2.40. The molecule has 2 aliphatic carbocycles. The van der Waals surface area contributed by atoms with Gasteiger partial charge >= 0.3 is 0 Å². The van der Waals surface area contributed by atoms with Crippen molar-refractivity contribution in [1.82, 2.24) is 14.5 Å². The number of imidazole rings is 1. The van der Waals surface area contributed by atoms with Gasteiger partial charge in [0, 0.05) is 43.4 Å². The number of carbonyl (C=O) groups is 1. The second-order valence-electron chi connectivity index (χ2n) is 7.19. The first-order valence-electron chi connectivity index (χ1n) is 8.53. The number of amides is 1. The fourth-order valence-electron chi connectivity index (χ4n) is 3.57. The Balaban J connectivity index is 1.36. The molecule has 4 rings (SSSR count). The number of aromatic nitrogens is 2. The van der Waals surface area contributed by atoms with Crippen molar-refractivity contribution in [2.75, 3.05) is 13.1 Å². The Morgan fingerprint density at radius 2 is 1.90 bits per heavy atom. The molecule has 4 heteroatoms. The van der Waals surface area contributed by atoms with Crippen molar-refractivity contribution < 1.29 is 4.79 Å². The van der Waals surface area contributed by atoms with Gasteiger partial charge in [-0.1, -0.05) is 0 Å². The zero-order chi connectivity index (χ0) is 14.4. The fourth-order valence-corrected chi connectivity index (χ4v) is 3.57. The summed E-state index contributed by atoms with van der Waals surface area (Å²) in [5, 5.41) is 0. The van der Waals surface area contributed by atoms with Crippen LogP contribution < -0.4 is 0 Å².